The smallest absolute Gasteiger partial charge is 0.205 e. The van der Waals surface area contributed by atoms with Crippen LogP contribution < -0.4 is 0 Å². The van der Waals surface area contributed by atoms with E-state index in [2.05, 4.69) is 47.8 Å². The van der Waals surface area contributed by atoms with Crippen molar-refractivity contribution < 1.29 is 4.79 Å². The Balaban J connectivity index is 2.52. The minimum Gasteiger partial charge on any atom is -0.288 e. The van der Waals surface area contributed by atoms with E-state index >= 15 is 0 Å². The fraction of sp³-hybridized carbons (Fsp3) is 0.0833. The lowest BCUT2D eigenvalue weighted by atomic mass is 10.1. The maximum atomic E-state index is 12.3. The van der Waals surface area contributed by atoms with Gasteiger partial charge in [0.25, 0.3) is 0 Å². The number of benzene rings is 1. The predicted molar refractivity (Wildman–Crippen MR) is 82.0 cm³/mol. The molecule has 1 aromatic carbocycles. The highest BCUT2D eigenvalue weighted by atomic mass is 79.9. The standard InChI is InChI=1S/C12H7Br3OS/c1-6-4-10(15)7(5-9(6)14)11(16)12-8(13)2-3-17-12/h2-5H,1H3. The Morgan fingerprint density at radius 1 is 1.12 bits per heavy atom. The van der Waals surface area contributed by atoms with Crippen LogP contribution in [0.5, 0.6) is 0 Å². The van der Waals surface area contributed by atoms with Crippen molar-refractivity contribution in [3.63, 3.8) is 0 Å². The van der Waals surface area contributed by atoms with Crippen molar-refractivity contribution in [2.24, 2.45) is 0 Å². The summed E-state index contributed by atoms with van der Waals surface area (Å²) in [7, 11) is 0. The number of rotatable bonds is 2. The van der Waals surface area contributed by atoms with Crippen LogP contribution in [0.4, 0.5) is 0 Å². The second-order valence-corrected chi connectivity index (χ2v) is 6.99. The predicted octanol–water partition coefficient (Wildman–Crippen LogP) is 5.58. The van der Waals surface area contributed by atoms with Gasteiger partial charge in [-0.15, -0.1) is 11.3 Å². The molecule has 1 aromatic heterocycles. The molecule has 0 aliphatic carbocycles. The molecule has 1 nitrogen and oxygen atoms in total. The first-order chi connectivity index (χ1) is 8.00. The second kappa shape index (κ2) is 5.34. The van der Waals surface area contributed by atoms with Crippen molar-refractivity contribution in [1.29, 1.82) is 0 Å². The van der Waals surface area contributed by atoms with Crippen LogP contribution in [0.1, 0.15) is 20.8 Å². The zero-order chi connectivity index (χ0) is 12.6. The summed E-state index contributed by atoms with van der Waals surface area (Å²) < 4.78 is 2.61. The summed E-state index contributed by atoms with van der Waals surface area (Å²) in [6.45, 7) is 1.99. The number of thiophene rings is 1. The van der Waals surface area contributed by atoms with E-state index in [9.17, 15) is 4.79 Å². The molecule has 0 amide bonds. The number of ketones is 1. The van der Waals surface area contributed by atoms with E-state index in [0.29, 0.717) is 5.56 Å². The Morgan fingerprint density at radius 2 is 1.82 bits per heavy atom. The van der Waals surface area contributed by atoms with Crippen LogP contribution in [0.15, 0.2) is 37.0 Å². The van der Waals surface area contributed by atoms with E-state index in [4.69, 9.17) is 0 Å². The SMILES string of the molecule is Cc1cc(Br)c(C(=O)c2sccc2Br)cc1Br. The molecule has 0 saturated heterocycles. The topological polar surface area (TPSA) is 17.1 Å². The van der Waals surface area contributed by atoms with Gasteiger partial charge in [0.2, 0.25) is 5.78 Å². The van der Waals surface area contributed by atoms with Crippen LogP contribution in [-0.4, -0.2) is 5.78 Å². The third-order valence-electron chi connectivity index (χ3n) is 2.32. The van der Waals surface area contributed by atoms with Gasteiger partial charge in [0.1, 0.15) is 0 Å². The molecule has 5 heteroatoms. The molecule has 0 atom stereocenters. The van der Waals surface area contributed by atoms with Crippen molar-refractivity contribution in [2.45, 2.75) is 6.92 Å². The van der Waals surface area contributed by atoms with Crippen LogP contribution in [0.3, 0.4) is 0 Å². The van der Waals surface area contributed by atoms with Crippen molar-refractivity contribution >= 4 is 64.9 Å². The molecule has 0 spiro atoms. The summed E-state index contributed by atoms with van der Waals surface area (Å²) in [5.41, 5.74) is 1.77. The molecule has 0 saturated carbocycles. The molecule has 0 fully saturated rings. The normalized spacial score (nSPS) is 10.6. The molecule has 17 heavy (non-hydrogen) atoms. The van der Waals surface area contributed by atoms with Crippen molar-refractivity contribution in [2.75, 3.05) is 0 Å². The van der Waals surface area contributed by atoms with Gasteiger partial charge in [0, 0.05) is 19.0 Å². The number of hydrogen-bond donors (Lipinski definition) is 0. The first-order valence-corrected chi connectivity index (χ1v) is 8.00. The quantitative estimate of drug-likeness (QED) is 0.560. The van der Waals surface area contributed by atoms with Crippen LogP contribution in [-0.2, 0) is 0 Å². The molecule has 0 aliphatic rings. The Kier molecular flexibility index (Phi) is 4.23. The van der Waals surface area contributed by atoms with Crippen molar-refractivity contribution in [3.8, 4) is 0 Å². The van der Waals surface area contributed by atoms with E-state index in [-0.39, 0.29) is 5.78 Å². The molecular formula is C12H7Br3OS. The lowest BCUT2D eigenvalue weighted by molar-refractivity contribution is 0.104. The highest BCUT2D eigenvalue weighted by Gasteiger charge is 2.17. The molecule has 0 unspecified atom stereocenters. The fourth-order valence-electron chi connectivity index (χ4n) is 1.40. The van der Waals surface area contributed by atoms with Gasteiger partial charge in [-0.05, 0) is 52.0 Å². The molecule has 0 N–H and O–H groups in total. The molecule has 0 aliphatic heterocycles. The minimum atomic E-state index is 0.0273. The maximum absolute atomic E-state index is 12.3. The third-order valence-corrected chi connectivity index (χ3v) is 5.66. The minimum absolute atomic E-state index is 0.0273. The monoisotopic (exact) mass is 436 g/mol. The maximum Gasteiger partial charge on any atom is 0.205 e. The molecule has 0 radical (unpaired) electrons. The van der Waals surface area contributed by atoms with Crippen molar-refractivity contribution in [1.82, 2.24) is 0 Å². The largest absolute Gasteiger partial charge is 0.288 e. The number of halogens is 3. The number of aryl methyl sites for hydroxylation is 1. The van der Waals surface area contributed by atoms with Crippen LogP contribution in [0.25, 0.3) is 0 Å². The fourth-order valence-corrected chi connectivity index (χ4v) is 3.89. The summed E-state index contributed by atoms with van der Waals surface area (Å²) >= 11 is 11.7. The van der Waals surface area contributed by atoms with Crippen LogP contribution in [0, 0.1) is 6.92 Å². The number of carbonyl (C=O) groups excluding carboxylic acids is 1. The highest BCUT2D eigenvalue weighted by Crippen LogP contribution is 2.31. The molecular weight excluding hydrogens is 432 g/mol. The molecule has 0 bridgehead atoms. The van der Waals surface area contributed by atoms with E-state index in [1.54, 1.807) is 0 Å². The van der Waals surface area contributed by atoms with Gasteiger partial charge in [-0.25, -0.2) is 0 Å². The highest BCUT2D eigenvalue weighted by molar-refractivity contribution is 9.11. The van der Waals surface area contributed by atoms with E-state index in [1.807, 2.05) is 30.5 Å². The van der Waals surface area contributed by atoms with Gasteiger partial charge in [-0.1, -0.05) is 31.9 Å². The molecule has 1 heterocycles. The number of carbonyl (C=O) groups is 1. The van der Waals surface area contributed by atoms with Gasteiger partial charge in [-0.3, -0.25) is 4.79 Å². The van der Waals surface area contributed by atoms with E-state index < -0.39 is 0 Å². The summed E-state index contributed by atoms with van der Waals surface area (Å²) in [5, 5.41) is 1.90. The average molecular weight is 439 g/mol. The second-order valence-electron chi connectivity index (χ2n) is 3.51. The Labute approximate surface area is 129 Å². The Morgan fingerprint density at radius 3 is 2.41 bits per heavy atom. The zero-order valence-corrected chi connectivity index (χ0v) is 14.3. The first kappa shape index (κ1) is 13.5. The summed E-state index contributed by atoms with van der Waals surface area (Å²) in [5.74, 6) is 0.0273. The molecule has 2 rings (SSSR count). The first-order valence-electron chi connectivity index (χ1n) is 4.74. The molecule has 2 aromatic rings. The lowest BCUT2D eigenvalue weighted by Gasteiger charge is -2.06. The number of hydrogen-bond acceptors (Lipinski definition) is 2. The van der Waals surface area contributed by atoms with Gasteiger partial charge < -0.3 is 0 Å². The van der Waals surface area contributed by atoms with Gasteiger partial charge >= 0.3 is 0 Å². The lowest BCUT2D eigenvalue weighted by Crippen LogP contribution is -2.01. The summed E-state index contributed by atoms with van der Waals surface area (Å²) in [4.78, 5) is 13.1. The van der Waals surface area contributed by atoms with Crippen LogP contribution >= 0.6 is 59.1 Å². The summed E-state index contributed by atoms with van der Waals surface area (Å²) in [6.07, 6.45) is 0. The van der Waals surface area contributed by atoms with E-state index in [1.165, 1.54) is 11.3 Å². The average Bonchev–Trinajstić information content (AvgIpc) is 2.69. The third kappa shape index (κ3) is 2.72. The van der Waals surface area contributed by atoms with E-state index in [0.717, 1.165) is 23.9 Å². The van der Waals surface area contributed by atoms with Gasteiger partial charge in [0.15, 0.2) is 0 Å². The van der Waals surface area contributed by atoms with Crippen molar-refractivity contribution in [3.05, 3.63) is 53.0 Å². The van der Waals surface area contributed by atoms with Gasteiger partial charge in [0.05, 0.1) is 4.88 Å². The molecule has 88 valence electrons. The summed E-state index contributed by atoms with van der Waals surface area (Å²) in [6, 6.07) is 5.68. The Bertz CT molecular complexity index is 589. The Hall–Kier alpha value is 0.0300. The zero-order valence-electron chi connectivity index (χ0n) is 8.76. The van der Waals surface area contributed by atoms with Gasteiger partial charge in [-0.2, -0.15) is 0 Å². The van der Waals surface area contributed by atoms with Crippen LogP contribution in [0.2, 0.25) is 0 Å².